The summed E-state index contributed by atoms with van der Waals surface area (Å²) in [6, 6.07) is 14.4. The molecule has 2 aliphatic rings. The van der Waals surface area contributed by atoms with E-state index in [4.69, 9.17) is 4.74 Å². The van der Waals surface area contributed by atoms with E-state index in [0.717, 1.165) is 22.3 Å². The summed E-state index contributed by atoms with van der Waals surface area (Å²) in [6.45, 7) is 1.92. The van der Waals surface area contributed by atoms with E-state index in [1.165, 1.54) is 16.7 Å². The van der Waals surface area contributed by atoms with Crippen molar-refractivity contribution in [3.8, 4) is 11.1 Å². The molecule has 31 heavy (non-hydrogen) atoms. The molecule has 1 fully saturated rings. The topological polar surface area (TPSA) is 95.9 Å². The summed E-state index contributed by atoms with van der Waals surface area (Å²) in [6.07, 6.45) is -0.336. The summed E-state index contributed by atoms with van der Waals surface area (Å²) < 4.78 is 5.52. The first-order chi connectivity index (χ1) is 15.0. The lowest BCUT2D eigenvalue weighted by atomic mass is 9.98. The van der Waals surface area contributed by atoms with Crippen LogP contribution in [0.5, 0.6) is 0 Å². The molecule has 162 valence electrons. The maximum Gasteiger partial charge on any atom is 0.407 e. The third-order valence-corrected chi connectivity index (χ3v) is 6.80. The highest BCUT2D eigenvalue weighted by Gasteiger charge is 2.38. The van der Waals surface area contributed by atoms with Crippen molar-refractivity contribution in [1.82, 2.24) is 10.2 Å². The van der Waals surface area contributed by atoms with Gasteiger partial charge in [-0.2, -0.15) is 0 Å². The van der Waals surface area contributed by atoms with Crippen LogP contribution < -0.4 is 5.32 Å². The molecule has 0 spiro atoms. The number of nitrogens with zero attached hydrogens (tertiary/aromatic N) is 1. The molecule has 0 radical (unpaired) electrons. The first-order valence-corrected chi connectivity index (χ1v) is 11.4. The second-order valence-corrected chi connectivity index (χ2v) is 8.59. The molecule has 1 heterocycles. The number of aliphatic carboxylic acids is 1. The van der Waals surface area contributed by atoms with Crippen LogP contribution >= 0.6 is 11.8 Å². The summed E-state index contributed by atoms with van der Waals surface area (Å²) in [5.41, 5.74) is 4.50. The smallest absolute Gasteiger partial charge is 0.407 e. The predicted molar refractivity (Wildman–Crippen MR) is 118 cm³/mol. The van der Waals surface area contributed by atoms with Gasteiger partial charge in [0.05, 0.1) is 5.88 Å². The summed E-state index contributed by atoms with van der Waals surface area (Å²) >= 11 is 1.39. The summed E-state index contributed by atoms with van der Waals surface area (Å²) in [4.78, 5) is 38.0. The number of amides is 2. The van der Waals surface area contributed by atoms with Gasteiger partial charge in [-0.15, -0.1) is 11.8 Å². The third-order valence-electron chi connectivity index (χ3n) is 5.79. The highest BCUT2D eigenvalue weighted by molar-refractivity contribution is 7.99. The van der Waals surface area contributed by atoms with Crippen LogP contribution in [-0.4, -0.2) is 58.3 Å². The van der Waals surface area contributed by atoms with E-state index in [-0.39, 0.29) is 12.5 Å². The first-order valence-electron chi connectivity index (χ1n) is 10.2. The molecule has 2 atom stereocenters. The fraction of sp³-hybridized carbons (Fsp3) is 0.348. The van der Waals surface area contributed by atoms with E-state index in [9.17, 15) is 19.5 Å². The number of hydrogen-bond donors (Lipinski definition) is 2. The number of nitrogens with one attached hydrogen (secondary N) is 1. The molecular formula is C23H24N2O5S. The van der Waals surface area contributed by atoms with Crippen molar-refractivity contribution in [2.75, 3.05) is 18.2 Å². The van der Waals surface area contributed by atoms with Crippen LogP contribution in [0.2, 0.25) is 0 Å². The van der Waals surface area contributed by atoms with Crippen LogP contribution in [0.25, 0.3) is 11.1 Å². The largest absolute Gasteiger partial charge is 0.480 e. The summed E-state index contributed by atoms with van der Waals surface area (Å²) in [5, 5.41) is 11.9. The average molecular weight is 441 g/mol. The molecule has 1 aliphatic carbocycles. The Kier molecular flexibility index (Phi) is 6.18. The fourth-order valence-electron chi connectivity index (χ4n) is 4.19. The Bertz CT molecular complexity index is 965. The van der Waals surface area contributed by atoms with Crippen LogP contribution in [0.15, 0.2) is 48.5 Å². The van der Waals surface area contributed by atoms with E-state index in [1.54, 1.807) is 6.92 Å². The Hall–Kier alpha value is -3.00. The van der Waals surface area contributed by atoms with Crippen molar-refractivity contribution in [3.05, 3.63) is 59.7 Å². The predicted octanol–water partition coefficient (Wildman–Crippen LogP) is 3.29. The number of ether oxygens (including phenoxy) is 1. The van der Waals surface area contributed by atoms with Gasteiger partial charge >= 0.3 is 12.1 Å². The number of carboxylic acids is 1. The molecule has 8 heteroatoms. The number of rotatable bonds is 6. The molecule has 1 unspecified atom stereocenters. The van der Waals surface area contributed by atoms with Crippen molar-refractivity contribution in [2.24, 2.45) is 0 Å². The number of carbonyl (C=O) groups is 3. The second-order valence-electron chi connectivity index (χ2n) is 7.59. The van der Waals surface area contributed by atoms with E-state index in [2.05, 4.69) is 17.4 Å². The molecule has 2 amide bonds. The van der Waals surface area contributed by atoms with Gasteiger partial charge in [-0.25, -0.2) is 9.59 Å². The minimum absolute atomic E-state index is 0.0692. The van der Waals surface area contributed by atoms with Gasteiger partial charge in [-0.1, -0.05) is 55.5 Å². The number of fused-ring (bicyclic) bond motifs is 3. The van der Waals surface area contributed by atoms with Crippen LogP contribution in [-0.2, 0) is 14.3 Å². The standard InChI is InChI=1S/C23H24N2O5S/c1-2-19(21(26)25-13-31-12-20(25)22(27)28)24-23(29)30-11-18-16-9-5-3-7-14(16)15-8-4-6-10-17(15)18/h3-10,18-20H,2,11-13H2,1H3,(H,24,29)(H,27,28)/t19-,20?/m0/s1. The zero-order valence-corrected chi connectivity index (χ0v) is 17.9. The minimum Gasteiger partial charge on any atom is -0.480 e. The van der Waals surface area contributed by atoms with Crippen molar-refractivity contribution >= 4 is 29.7 Å². The van der Waals surface area contributed by atoms with Crippen LogP contribution in [0, 0.1) is 0 Å². The Labute approximate surface area is 184 Å². The molecule has 2 aromatic rings. The van der Waals surface area contributed by atoms with Crippen LogP contribution in [0.1, 0.15) is 30.4 Å². The van der Waals surface area contributed by atoms with E-state index in [1.807, 2.05) is 36.4 Å². The zero-order valence-electron chi connectivity index (χ0n) is 17.1. The molecule has 4 rings (SSSR count). The van der Waals surface area contributed by atoms with Gasteiger partial charge in [0.1, 0.15) is 18.7 Å². The van der Waals surface area contributed by atoms with Crippen molar-refractivity contribution < 1.29 is 24.2 Å². The molecule has 0 bridgehead atoms. The second kappa shape index (κ2) is 9.01. The van der Waals surface area contributed by atoms with Gasteiger partial charge in [0.2, 0.25) is 5.91 Å². The summed E-state index contributed by atoms with van der Waals surface area (Å²) in [5.74, 6) is -0.843. The number of thioether (sulfide) groups is 1. The van der Waals surface area contributed by atoms with E-state index in [0.29, 0.717) is 18.1 Å². The third kappa shape index (κ3) is 4.12. The minimum atomic E-state index is -1.03. The van der Waals surface area contributed by atoms with Gasteiger partial charge in [0, 0.05) is 11.7 Å². The Morgan fingerprint density at radius 1 is 1.13 bits per heavy atom. The van der Waals surface area contributed by atoms with E-state index < -0.39 is 30.1 Å². The molecule has 0 aromatic heterocycles. The highest BCUT2D eigenvalue weighted by Crippen LogP contribution is 2.44. The van der Waals surface area contributed by atoms with Crippen molar-refractivity contribution in [3.63, 3.8) is 0 Å². The lowest BCUT2D eigenvalue weighted by Crippen LogP contribution is -2.52. The average Bonchev–Trinajstić information content (AvgIpc) is 3.39. The van der Waals surface area contributed by atoms with Gasteiger partial charge in [-0.05, 0) is 28.7 Å². The number of hydrogen-bond acceptors (Lipinski definition) is 5. The SMILES string of the molecule is CC[C@H](NC(=O)OCC1c2ccccc2-c2ccccc21)C(=O)N1CSCC1C(=O)O. The van der Waals surface area contributed by atoms with Gasteiger partial charge in [-0.3, -0.25) is 4.79 Å². The Balaban J connectivity index is 1.41. The zero-order chi connectivity index (χ0) is 22.0. The number of benzene rings is 2. The molecule has 2 aromatic carbocycles. The van der Waals surface area contributed by atoms with Crippen molar-refractivity contribution in [2.45, 2.75) is 31.3 Å². The number of carbonyl (C=O) groups excluding carboxylic acids is 2. The lowest BCUT2D eigenvalue weighted by molar-refractivity contribution is -0.148. The van der Waals surface area contributed by atoms with Gasteiger partial charge < -0.3 is 20.1 Å². The Morgan fingerprint density at radius 3 is 2.32 bits per heavy atom. The van der Waals surface area contributed by atoms with Crippen LogP contribution in [0.4, 0.5) is 4.79 Å². The quantitative estimate of drug-likeness (QED) is 0.716. The van der Waals surface area contributed by atoms with Crippen molar-refractivity contribution in [1.29, 1.82) is 0 Å². The highest BCUT2D eigenvalue weighted by atomic mass is 32.2. The van der Waals surface area contributed by atoms with Crippen LogP contribution in [0.3, 0.4) is 0 Å². The molecular weight excluding hydrogens is 416 g/mol. The molecule has 1 saturated heterocycles. The fourth-order valence-corrected chi connectivity index (χ4v) is 5.34. The number of alkyl carbamates (subject to hydrolysis) is 1. The first kappa shape index (κ1) is 21.2. The maximum atomic E-state index is 12.8. The van der Waals surface area contributed by atoms with Gasteiger partial charge in [0.15, 0.2) is 0 Å². The maximum absolute atomic E-state index is 12.8. The van der Waals surface area contributed by atoms with E-state index >= 15 is 0 Å². The monoisotopic (exact) mass is 440 g/mol. The molecule has 2 N–H and O–H groups in total. The van der Waals surface area contributed by atoms with Gasteiger partial charge in [0.25, 0.3) is 0 Å². The molecule has 7 nitrogen and oxygen atoms in total. The number of carboxylic acid groups (broad SMARTS) is 1. The normalized spacial score (nSPS) is 18.2. The molecule has 0 saturated carbocycles. The summed E-state index contributed by atoms with van der Waals surface area (Å²) in [7, 11) is 0. The Morgan fingerprint density at radius 2 is 1.74 bits per heavy atom. The molecule has 1 aliphatic heterocycles. The lowest BCUT2D eigenvalue weighted by Gasteiger charge is -2.26.